The number of hydrogen-bond donors (Lipinski definition) is 3. The summed E-state index contributed by atoms with van der Waals surface area (Å²) in [6, 6.07) is 15.9. The predicted molar refractivity (Wildman–Crippen MR) is 130 cm³/mol. The fraction of sp³-hybridized carbons (Fsp3) is 0.308. The average Bonchev–Trinajstić information content (AvgIpc) is 3.59. The number of aliphatic carboxylic acids is 1. The Balaban J connectivity index is 1.14. The van der Waals surface area contributed by atoms with Gasteiger partial charge in [0.15, 0.2) is 0 Å². The lowest BCUT2D eigenvalue weighted by atomic mass is 9.98. The van der Waals surface area contributed by atoms with E-state index in [2.05, 4.69) is 39.9 Å². The summed E-state index contributed by atoms with van der Waals surface area (Å²) in [4.78, 5) is 40.5. The number of alkyl carbamates (subject to hydrolysis) is 1. The van der Waals surface area contributed by atoms with Gasteiger partial charge in [-0.15, -0.1) is 11.3 Å². The third-order valence-electron chi connectivity index (χ3n) is 6.66. The van der Waals surface area contributed by atoms with Gasteiger partial charge in [0.05, 0.1) is 12.5 Å². The molecule has 1 fully saturated rings. The lowest BCUT2D eigenvalue weighted by Gasteiger charge is -2.16. The van der Waals surface area contributed by atoms with Crippen LogP contribution in [0.3, 0.4) is 0 Å². The van der Waals surface area contributed by atoms with Crippen LogP contribution in [0.2, 0.25) is 0 Å². The largest absolute Gasteiger partial charge is 0.481 e. The number of nitrogens with one attached hydrogen (secondary N) is 2. The van der Waals surface area contributed by atoms with Crippen molar-refractivity contribution in [3.05, 3.63) is 75.7 Å². The van der Waals surface area contributed by atoms with Crippen molar-refractivity contribution in [1.29, 1.82) is 0 Å². The molecule has 0 saturated heterocycles. The summed E-state index contributed by atoms with van der Waals surface area (Å²) in [5.74, 6) is -1.87. The molecule has 2 aliphatic carbocycles. The fourth-order valence-corrected chi connectivity index (χ4v) is 5.68. The van der Waals surface area contributed by atoms with Gasteiger partial charge in [0.25, 0.3) is 5.91 Å². The Kier molecular flexibility index (Phi) is 6.50. The monoisotopic (exact) mass is 491 g/mol. The van der Waals surface area contributed by atoms with E-state index in [0.29, 0.717) is 17.8 Å². The molecule has 0 unspecified atom stereocenters. The molecule has 0 aliphatic heterocycles. The highest BCUT2D eigenvalue weighted by atomic mass is 32.1. The Hall–Kier alpha value is -3.72. The SMILES string of the molecule is O=C(NCc1nc(C(=O)N[C@@H]2CCC[C@@H]2C(=O)O)cs1)OCC1c2ccccc2-c2ccccc21. The number of nitrogens with zero attached hydrogens (tertiary/aromatic N) is 1. The number of thiazole rings is 1. The van der Waals surface area contributed by atoms with Crippen molar-refractivity contribution in [1.82, 2.24) is 15.6 Å². The number of carboxylic acid groups (broad SMARTS) is 1. The van der Waals surface area contributed by atoms with Gasteiger partial charge in [-0.2, -0.15) is 0 Å². The van der Waals surface area contributed by atoms with Crippen molar-refractivity contribution < 1.29 is 24.2 Å². The molecule has 35 heavy (non-hydrogen) atoms. The molecule has 1 aromatic heterocycles. The van der Waals surface area contributed by atoms with Crippen LogP contribution >= 0.6 is 11.3 Å². The van der Waals surface area contributed by atoms with Crippen LogP contribution in [0.25, 0.3) is 11.1 Å². The summed E-state index contributed by atoms with van der Waals surface area (Å²) in [7, 11) is 0. The van der Waals surface area contributed by atoms with Crippen LogP contribution in [-0.2, 0) is 16.1 Å². The minimum absolute atomic E-state index is 0.0199. The smallest absolute Gasteiger partial charge is 0.407 e. The first-order valence-electron chi connectivity index (χ1n) is 11.6. The zero-order valence-corrected chi connectivity index (χ0v) is 19.7. The van der Waals surface area contributed by atoms with Gasteiger partial charge in [-0.05, 0) is 35.1 Å². The zero-order chi connectivity index (χ0) is 24.4. The van der Waals surface area contributed by atoms with E-state index in [9.17, 15) is 19.5 Å². The second-order valence-electron chi connectivity index (χ2n) is 8.76. The molecule has 0 spiro atoms. The molecule has 2 atom stereocenters. The fourth-order valence-electron chi connectivity index (χ4n) is 4.96. The first-order valence-corrected chi connectivity index (χ1v) is 12.5. The summed E-state index contributed by atoms with van der Waals surface area (Å²) in [6.45, 7) is 0.354. The molecular formula is C26H25N3O5S. The average molecular weight is 492 g/mol. The Morgan fingerprint density at radius 2 is 1.71 bits per heavy atom. The van der Waals surface area contributed by atoms with Gasteiger partial charge < -0.3 is 20.5 Å². The van der Waals surface area contributed by atoms with Crippen LogP contribution in [0.5, 0.6) is 0 Å². The van der Waals surface area contributed by atoms with Crippen LogP contribution in [0, 0.1) is 5.92 Å². The minimum Gasteiger partial charge on any atom is -0.481 e. The normalized spacial score (nSPS) is 18.5. The quantitative estimate of drug-likeness (QED) is 0.457. The Morgan fingerprint density at radius 3 is 2.40 bits per heavy atom. The number of hydrogen-bond acceptors (Lipinski definition) is 6. The second-order valence-corrected chi connectivity index (χ2v) is 9.70. The number of rotatable bonds is 7. The maximum absolute atomic E-state index is 12.5. The van der Waals surface area contributed by atoms with E-state index < -0.39 is 23.9 Å². The summed E-state index contributed by atoms with van der Waals surface area (Å²) < 4.78 is 5.53. The number of carboxylic acids is 1. The van der Waals surface area contributed by atoms with E-state index in [4.69, 9.17) is 4.74 Å². The standard InChI is InChI=1S/C26H25N3O5S/c30-24(29-21-11-5-10-19(21)25(31)32)22-14-35-23(28-22)12-27-26(33)34-13-20-17-8-3-1-6-15(17)16-7-2-4-9-18(16)20/h1-4,6-9,14,19-21H,5,10-13H2,(H,27,33)(H,29,30)(H,31,32)/t19-,21+/m0/s1. The molecular weight excluding hydrogens is 466 g/mol. The zero-order valence-electron chi connectivity index (χ0n) is 18.9. The van der Waals surface area contributed by atoms with Gasteiger partial charge >= 0.3 is 12.1 Å². The summed E-state index contributed by atoms with van der Waals surface area (Å²) in [6.07, 6.45) is 1.42. The van der Waals surface area contributed by atoms with Crippen molar-refractivity contribution in [3.8, 4) is 11.1 Å². The highest BCUT2D eigenvalue weighted by molar-refractivity contribution is 7.09. The van der Waals surface area contributed by atoms with Crippen molar-refractivity contribution in [2.75, 3.05) is 6.61 Å². The van der Waals surface area contributed by atoms with Crippen LogP contribution in [0.4, 0.5) is 4.79 Å². The molecule has 2 aromatic carbocycles. The number of carbonyl (C=O) groups excluding carboxylic acids is 2. The van der Waals surface area contributed by atoms with E-state index in [1.807, 2.05) is 24.3 Å². The molecule has 0 bridgehead atoms. The number of amides is 2. The Bertz CT molecular complexity index is 1230. The first kappa shape index (κ1) is 23.0. The molecule has 8 nitrogen and oxygen atoms in total. The van der Waals surface area contributed by atoms with Gasteiger partial charge in [-0.1, -0.05) is 55.0 Å². The van der Waals surface area contributed by atoms with Crippen LogP contribution < -0.4 is 10.6 Å². The van der Waals surface area contributed by atoms with Crippen molar-refractivity contribution in [2.24, 2.45) is 5.92 Å². The van der Waals surface area contributed by atoms with E-state index in [1.165, 1.54) is 11.3 Å². The molecule has 1 saturated carbocycles. The van der Waals surface area contributed by atoms with Crippen molar-refractivity contribution in [3.63, 3.8) is 0 Å². The van der Waals surface area contributed by atoms with Gasteiger partial charge in [-0.3, -0.25) is 9.59 Å². The number of aromatic nitrogens is 1. The van der Waals surface area contributed by atoms with E-state index in [0.717, 1.165) is 28.7 Å². The van der Waals surface area contributed by atoms with Crippen LogP contribution in [0.1, 0.15) is 51.8 Å². The maximum Gasteiger partial charge on any atom is 0.407 e. The lowest BCUT2D eigenvalue weighted by molar-refractivity contribution is -0.142. The highest BCUT2D eigenvalue weighted by Crippen LogP contribution is 2.44. The van der Waals surface area contributed by atoms with Crippen molar-refractivity contribution in [2.45, 2.75) is 37.8 Å². The highest BCUT2D eigenvalue weighted by Gasteiger charge is 2.34. The molecule has 0 radical (unpaired) electrons. The van der Waals surface area contributed by atoms with Crippen LogP contribution in [-0.4, -0.2) is 40.7 Å². The van der Waals surface area contributed by atoms with Crippen molar-refractivity contribution >= 4 is 29.3 Å². The minimum atomic E-state index is -0.890. The third kappa shape index (κ3) is 4.77. The summed E-state index contributed by atoms with van der Waals surface area (Å²) >= 11 is 1.25. The molecule has 2 amide bonds. The second kappa shape index (κ2) is 9.87. The molecule has 9 heteroatoms. The summed E-state index contributed by atoms with van der Waals surface area (Å²) in [5, 5.41) is 16.9. The topological polar surface area (TPSA) is 118 Å². The molecule has 2 aliphatic rings. The predicted octanol–water partition coefficient (Wildman–Crippen LogP) is 4.16. The van der Waals surface area contributed by atoms with E-state index >= 15 is 0 Å². The van der Waals surface area contributed by atoms with E-state index in [-0.39, 0.29) is 30.8 Å². The molecule has 5 rings (SSSR count). The van der Waals surface area contributed by atoms with Crippen LogP contribution in [0.15, 0.2) is 53.9 Å². The number of carbonyl (C=O) groups is 3. The lowest BCUT2D eigenvalue weighted by Crippen LogP contribution is -2.40. The Labute approximate surface area is 206 Å². The number of fused-ring (bicyclic) bond motifs is 3. The number of ether oxygens (including phenoxy) is 1. The van der Waals surface area contributed by atoms with Gasteiger partial charge in [0.2, 0.25) is 0 Å². The van der Waals surface area contributed by atoms with E-state index in [1.54, 1.807) is 5.38 Å². The molecule has 3 N–H and O–H groups in total. The van der Waals surface area contributed by atoms with Gasteiger partial charge in [0.1, 0.15) is 17.3 Å². The molecule has 3 aromatic rings. The Morgan fingerprint density at radius 1 is 1.03 bits per heavy atom. The summed E-state index contributed by atoms with van der Waals surface area (Å²) in [5.41, 5.74) is 4.83. The first-order chi connectivity index (χ1) is 17.0. The molecule has 1 heterocycles. The van der Waals surface area contributed by atoms with Gasteiger partial charge in [-0.25, -0.2) is 9.78 Å². The number of benzene rings is 2. The molecule has 180 valence electrons. The third-order valence-corrected chi connectivity index (χ3v) is 7.51. The van der Waals surface area contributed by atoms with Gasteiger partial charge in [0, 0.05) is 17.3 Å². The maximum atomic E-state index is 12.5.